The van der Waals surface area contributed by atoms with Crippen molar-refractivity contribution in [3.05, 3.63) is 29.3 Å². The maximum atomic E-state index is 5.96. The highest BCUT2D eigenvalue weighted by Gasteiger charge is 2.33. The molecule has 0 saturated carbocycles. The van der Waals surface area contributed by atoms with Crippen LogP contribution in [-0.4, -0.2) is 43.7 Å². The second-order valence-electron chi connectivity index (χ2n) is 5.64. The van der Waals surface area contributed by atoms with E-state index in [1.165, 1.54) is 32.5 Å². The second kappa shape index (κ2) is 6.12. The summed E-state index contributed by atoms with van der Waals surface area (Å²) in [7, 11) is 0. The molecule has 3 fully saturated rings. The summed E-state index contributed by atoms with van der Waals surface area (Å²) < 4.78 is 0. The van der Waals surface area contributed by atoms with Crippen LogP contribution in [0.25, 0.3) is 0 Å². The van der Waals surface area contributed by atoms with Crippen molar-refractivity contribution < 1.29 is 0 Å². The molecule has 3 heterocycles. The molecule has 104 valence electrons. The number of rotatable bonds is 5. The fourth-order valence-corrected chi connectivity index (χ4v) is 3.45. The first-order chi connectivity index (χ1) is 9.31. The molecule has 4 rings (SSSR count). The summed E-state index contributed by atoms with van der Waals surface area (Å²) in [5.74, 6) is 0.899. The molecule has 3 aliphatic heterocycles. The van der Waals surface area contributed by atoms with E-state index in [-0.39, 0.29) is 0 Å². The van der Waals surface area contributed by atoms with Crippen LogP contribution in [0.4, 0.5) is 5.69 Å². The van der Waals surface area contributed by atoms with Gasteiger partial charge in [0.1, 0.15) is 0 Å². The van der Waals surface area contributed by atoms with E-state index in [2.05, 4.69) is 21.6 Å². The molecule has 2 N–H and O–H groups in total. The third-order valence-electron chi connectivity index (χ3n) is 4.34. The number of nitrogens with one attached hydrogen (secondary N) is 2. The predicted octanol–water partition coefficient (Wildman–Crippen LogP) is 2.44. The monoisotopic (exact) mass is 279 g/mol. The van der Waals surface area contributed by atoms with Gasteiger partial charge in [-0.05, 0) is 50.0 Å². The van der Waals surface area contributed by atoms with E-state index in [1.807, 2.05) is 18.2 Å². The minimum Gasteiger partial charge on any atom is -0.384 e. The van der Waals surface area contributed by atoms with Crippen LogP contribution in [-0.2, 0) is 0 Å². The van der Waals surface area contributed by atoms with Gasteiger partial charge in [0.25, 0.3) is 0 Å². The number of nitrogens with zero attached hydrogens (tertiary/aromatic N) is 1. The Morgan fingerprint density at radius 2 is 2.05 bits per heavy atom. The molecule has 0 spiro atoms. The molecule has 3 nitrogen and oxygen atoms in total. The highest BCUT2D eigenvalue weighted by atomic mass is 35.5. The Kier molecular flexibility index (Phi) is 4.26. The lowest BCUT2D eigenvalue weighted by molar-refractivity contribution is 0.0735. The predicted molar refractivity (Wildman–Crippen MR) is 80.9 cm³/mol. The average molecular weight is 280 g/mol. The molecular formula is C15H22ClN3. The molecule has 3 aliphatic rings. The van der Waals surface area contributed by atoms with Gasteiger partial charge in [0, 0.05) is 36.4 Å². The Bertz CT molecular complexity index is 416. The summed E-state index contributed by atoms with van der Waals surface area (Å²) in [6.45, 7) is 5.82. The molecule has 3 saturated heterocycles. The highest BCUT2D eigenvalue weighted by Crippen LogP contribution is 2.27. The summed E-state index contributed by atoms with van der Waals surface area (Å²) in [4.78, 5) is 2.59. The van der Waals surface area contributed by atoms with Crippen molar-refractivity contribution in [1.82, 2.24) is 10.2 Å². The zero-order chi connectivity index (χ0) is 13.1. The topological polar surface area (TPSA) is 27.3 Å². The maximum absolute atomic E-state index is 5.96. The molecular weight excluding hydrogens is 258 g/mol. The quantitative estimate of drug-likeness (QED) is 0.811. The lowest BCUT2D eigenvalue weighted by Gasteiger charge is -2.45. The maximum Gasteiger partial charge on any atom is 0.0426 e. The van der Waals surface area contributed by atoms with Crippen molar-refractivity contribution in [2.24, 2.45) is 5.92 Å². The molecule has 0 unspecified atom stereocenters. The molecule has 1 atom stereocenters. The smallest absolute Gasteiger partial charge is 0.0426 e. The van der Waals surface area contributed by atoms with Gasteiger partial charge in [-0.1, -0.05) is 17.7 Å². The van der Waals surface area contributed by atoms with Crippen molar-refractivity contribution in [2.75, 3.05) is 38.0 Å². The van der Waals surface area contributed by atoms with Crippen LogP contribution in [0, 0.1) is 5.92 Å². The average Bonchev–Trinajstić information content (AvgIpc) is 2.45. The fourth-order valence-electron chi connectivity index (χ4n) is 3.26. The first-order valence-corrected chi connectivity index (χ1v) is 7.64. The van der Waals surface area contributed by atoms with Crippen LogP contribution >= 0.6 is 11.6 Å². The molecule has 2 bridgehead atoms. The zero-order valence-corrected chi connectivity index (χ0v) is 12.0. The standard InChI is InChI=1S/C15H22ClN3/c16-13-2-1-3-14(10-13)17-6-7-18-15-11-19-8-4-12(15)5-9-19/h1-3,10,12,15,17-18H,4-9,11H2/t15-/m0/s1. The number of fused-ring (bicyclic) bond motifs is 3. The van der Waals surface area contributed by atoms with E-state index >= 15 is 0 Å². The van der Waals surface area contributed by atoms with Crippen molar-refractivity contribution in [3.63, 3.8) is 0 Å². The summed E-state index contributed by atoms with van der Waals surface area (Å²) in [5, 5.41) is 7.90. The second-order valence-corrected chi connectivity index (χ2v) is 6.07. The summed E-state index contributed by atoms with van der Waals surface area (Å²) in [6.07, 6.45) is 2.75. The van der Waals surface area contributed by atoms with Crippen molar-refractivity contribution >= 4 is 17.3 Å². The van der Waals surface area contributed by atoms with Crippen LogP contribution in [0.3, 0.4) is 0 Å². The third-order valence-corrected chi connectivity index (χ3v) is 4.58. The minimum atomic E-state index is 0.698. The third kappa shape index (κ3) is 3.41. The number of piperidine rings is 3. The number of hydrogen-bond donors (Lipinski definition) is 2. The van der Waals surface area contributed by atoms with Crippen molar-refractivity contribution in [2.45, 2.75) is 18.9 Å². The molecule has 0 aromatic heterocycles. The first kappa shape index (κ1) is 13.2. The van der Waals surface area contributed by atoms with Gasteiger partial charge >= 0.3 is 0 Å². The molecule has 19 heavy (non-hydrogen) atoms. The van der Waals surface area contributed by atoms with Gasteiger partial charge in [-0.3, -0.25) is 0 Å². The van der Waals surface area contributed by atoms with Gasteiger partial charge in [-0.2, -0.15) is 0 Å². The van der Waals surface area contributed by atoms with Crippen molar-refractivity contribution in [3.8, 4) is 0 Å². The van der Waals surface area contributed by atoms with Gasteiger partial charge in [0.2, 0.25) is 0 Å². The Hall–Kier alpha value is -0.770. The summed E-state index contributed by atoms with van der Waals surface area (Å²) in [5.41, 5.74) is 1.10. The van der Waals surface area contributed by atoms with Crippen molar-refractivity contribution in [1.29, 1.82) is 0 Å². The molecule has 1 aromatic rings. The number of anilines is 1. The van der Waals surface area contributed by atoms with Crippen LogP contribution < -0.4 is 10.6 Å². The molecule has 1 aromatic carbocycles. The number of halogens is 1. The largest absolute Gasteiger partial charge is 0.384 e. The molecule has 4 heteroatoms. The summed E-state index contributed by atoms with van der Waals surface area (Å²) >= 11 is 5.96. The number of hydrogen-bond acceptors (Lipinski definition) is 3. The zero-order valence-electron chi connectivity index (χ0n) is 11.2. The lowest BCUT2D eigenvalue weighted by Crippen LogP contribution is -2.56. The molecule has 0 aliphatic carbocycles. The number of benzene rings is 1. The molecule has 0 radical (unpaired) electrons. The lowest BCUT2D eigenvalue weighted by atomic mass is 9.84. The SMILES string of the molecule is Clc1cccc(NCCN[C@H]2CN3CCC2CC3)c1. The van der Waals surface area contributed by atoms with Crippen LogP contribution in [0.15, 0.2) is 24.3 Å². The van der Waals surface area contributed by atoms with Gasteiger partial charge in [-0.25, -0.2) is 0 Å². The van der Waals surface area contributed by atoms with Crippen LogP contribution in [0.2, 0.25) is 5.02 Å². The van der Waals surface area contributed by atoms with Gasteiger partial charge in [0.05, 0.1) is 0 Å². The van der Waals surface area contributed by atoms with Gasteiger partial charge in [0.15, 0.2) is 0 Å². The van der Waals surface area contributed by atoms with E-state index in [1.54, 1.807) is 0 Å². The normalized spacial score (nSPS) is 29.4. The Morgan fingerprint density at radius 1 is 1.21 bits per heavy atom. The minimum absolute atomic E-state index is 0.698. The summed E-state index contributed by atoms with van der Waals surface area (Å²) in [6, 6.07) is 8.60. The van der Waals surface area contributed by atoms with E-state index in [0.29, 0.717) is 6.04 Å². The Morgan fingerprint density at radius 3 is 2.74 bits per heavy atom. The Labute approximate surface area is 120 Å². The van der Waals surface area contributed by atoms with E-state index in [4.69, 9.17) is 11.6 Å². The van der Waals surface area contributed by atoms with Crippen LogP contribution in [0.1, 0.15) is 12.8 Å². The van der Waals surface area contributed by atoms with E-state index in [0.717, 1.165) is 29.7 Å². The van der Waals surface area contributed by atoms with Gasteiger partial charge in [-0.15, -0.1) is 0 Å². The highest BCUT2D eigenvalue weighted by molar-refractivity contribution is 6.30. The van der Waals surface area contributed by atoms with Gasteiger partial charge < -0.3 is 15.5 Å². The fraction of sp³-hybridized carbons (Fsp3) is 0.600. The van der Waals surface area contributed by atoms with E-state index in [9.17, 15) is 0 Å². The first-order valence-electron chi connectivity index (χ1n) is 7.26. The van der Waals surface area contributed by atoms with Crippen LogP contribution in [0.5, 0.6) is 0 Å². The van der Waals surface area contributed by atoms with E-state index < -0.39 is 0 Å². The molecule has 0 amide bonds. The Balaban J connectivity index is 1.39.